The van der Waals surface area contributed by atoms with Crippen LogP contribution in [0.2, 0.25) is 0 Å². The zero-order valence-electron chi connectivity index (χ0n) is 18.6. The van der Waals surface area contributed by atoms with Gasteiger partial charge in [0.15, 0.2) is 0 Å². The van der Waals surface area contributed by atoms with Crippen LogP contribution in [0.3, 0.4) is 0 Å². The van der Waals surface area contributed by atoms with Crippen LogP contribution in [0.1, 0.15) is 5.56 Å². The number of phenolic OH excluding ortho intramolecular Hbond substituents is 1. The Morgan fingerprint density at radius 2 is 1.53 bits per heavy atom. The predicted molar refractivity (Wildman–Crippen MR) is 129 cm³/mol. The fourth-order valence-electron chi connectivity index (χ4n) is 4.40. The second kappa shape index (κ2) is 7.78. The summed E-state index contributed by atoms with van der Waals surface area (Å²) in [4.78, 5) is 12.7. The maximum Gasteiger partial charge on any atom is 0.344 e. The van der Waals surface area contributed by atoms with Crippen LogP contribution in [-0.2, 0) is 9.84 Å². The van der Waals surface area contributed by atoms with Crippen LogP contribution in [0.5, 0.6) is 17.2 Å². The summed E-state index contributed by atoms with van der Waals surface area (Å²) in [6.07, 6.45) is 0. The number of hydrogen-bond acceptors (Lipinski definition) is 7. The Morgan fingerprint density at radius 1 is 0.824 bits per heavy atom. The Bertz CT molecular complexity index is 1770. The number of aromatic hydroxyl groups is 1. The van der Waals surface area contributed by atoms with Crippen molar-refractivity contribution in [1.82, 2.24) is 0 Å². The van der Waals surface area contributed by atoms with Crippen molar-refractivity contribution in [1.29, 1.82) is 0 Å². The van der Waals surface area contributed by atoms with Gasteiger partial charge in [0.1, 0.15) is 27.7 Å². The third-order valence-electron chi connectivity index (χ3n) is 5.85. The fourth-order valence-corrected chi connectivity index (χ4v) is 5.97. The molecule has 0 fully saturated rings. The normalized spacial score (nSPS) is 11.9. The fraction of sp³-hybridized carbons (Fsp3) is 0.115. The van der Waals surface area contributed by atoms with Gasteiger partial charge in [0.2, 0.25) is 9.84 Å². The minimum absolute atomic E-state index is 0.0147. The largest absolute Gasteiger partial charge is 0.506 e. The van der Waals surface area contributed by atoms with Crippen LogP contribution >= 0.6 is 0 Å². The lowest BCUT2D eigenvalue weighted by atomic mass is 9.99. The molecular weight excluding hydrogens is 456 g/mol. The summed E-state index contributed by atoms with van der Waals surface area (Å²) in [5.41, 5.74) is 0.0957. The molecule has 0 unspecified atom stereocenters. The molecule has 0 amide bonds. The lowest BCUT2D eigenvalue weighted by Crippen LogP contribution is -2.08. The number of benzene rings is 4. The Balaban J connectivity index is 2.18. The van der Waals surface area contributed by atoms with E-state index >= 15 is 0 Å². The molecule has 8 heteroatoms. The van der Waals surface area contributed by atoms with E-state index in [1.807, 2.05) is 0 Å². The van der Waals surface area contributed by atoms with E-state index in [9.17, 15) is 18.3 Å². The highest BCUT2D eigenvalue weighted by molar-refractivity contribution is 7.91. The maximum absolute atomic E-state index is 13.9. The third-order valence-corrected chi connectivity index (χ3v) is 7.68. The molecule has 1 heterocycles. The molecular formula is C26H20O7S. The summed E-state index contributed by atoms with van der Waals surface area (Å²) in [5, 5.41) is 12.4. The Morgan fingerprint density at radius 3 is 2.21 bits per heavy atom. The monoisotopic (exact) mass is 476 g/mol. The van der Waals surface area contributed by atoms with E-state index in [4.69, 9.17) is 13.9 Å². The van der Waals surface area contributed by atoms with Gasteiger partial charge in [-0.1, -0.05) is 30.3 Å². The molecule has 0 spiro atoms. The molecule has 1 N–H and O–H groups in total. The van der Waals surface area contributed by atoms with Crippen LogP contribution in [0, 0.1) is 6.92 Å². The standard InChI is InChI=1S/C26H20O7S/c1-14-12-17-20(19(13-14)32-3)22-24(33-26(17)28)16-10-7-11-18(31-2)21(16)23(27)25(22)34(29,30)15-8-5-4-6-9-15/h4-13,27H,1-3H3. The van der Waals surface area contributed by atoms with Gasteiger partial charge >= 0.3 is 5.63 Å². The van der Waals surface area contributed by atoms with Crippen LogP contribution in [0.15, 0.2) is 79.7 Å². The molecule has 0 aliphatic rings. The van der Waals surface area contributed by atoms with Gasteiger partial charge in [-0.25, -0.2) is 13.2 Å². The summed E-state index contributed by atoms with van der Waals surface area (Å²) in [6.45, 7) is 1.79. The smallest absolute Gasteiger partial charge is 0.344 e. The molecule has 1 aromatic heterocycles. The molecule has 0 bridgehead atoms. The van der Waals surface area contributed by atoms with Crippen LogP contribution in [0.25, 0.3) is 32.5 Å². The topological polar surface area (TPSA) is 103 Å². The molecule has 7 nitrogen and oxygen atoms in total. The zero-order valence-corrected chi connectivity index (χ0v) is 19.4. The second-order valence-electron chi connectivity index (χ2n) is 7.86. The van der Waals surface area contributed by atoms with Crippen LogP contribution in [-0.4, -0.2) is 27.7 Å². The Hall–Kier alpha value is -4.04. The quantitative estimate of drug-likeness (QED) is 0.289. The van der Waals surface area contributed by atoms with Gasteiger partial charge in [0.05, 0.1) is 35.3 Å². The summed E-state index contributed by atoms with van der Waals surface area (Å²) in [6, 6.07) is 16.0. The van der Waals surface area contributed by atoms with Gasteiger partial charge in [-0.15, -0.1) is 0 Å². The van der Waals surface area contributed by atoms with E-state index in [0.29, 0.717) is 11.1 Å². The molecule has 0 saturated carbocycles. The van der Waals surface area contributed by atoms with Gasteiger partial charge in [-0.2, -0.15) is 0 Å². The SMILES string of the molecule is COc1cccc2c1c(O)c(S(=O)(=O)c1ccccc1)c1c2oc(=O)c2cc(C)cc(OC)c21. The second-order valence-corrected chi connectivity index (χ2v) is 9.75. The molecule has 172 valence electrons. The van der Waals surface area contributed by atoms with E-state index in [0.717, 1.165) is 5.56 Å². The number of rotatable bonds is 4. The van der Waals surface area contributed by atoms with Crippen molar-refractivity contribution in [3.8, 4) is 17.2 Å². The molecule has 0 saturated heterocycles. The van der Waals surface area contributed by atoms with E-state index in [1.54, 1.807) is 55.5 Å². The highest BCUT2D eigenvalue weighted by Gasteiger charge is 2.31. The van der Waals surface area contributed by atoms with Crippen molar-refractivity contribution in [3.05, 3.63) is 76.6 Å². The van der Waals surface area contributed by atoms with E-state index in [2.05, 4.69) is 0 Å². The van der Waals surface area contributed by atoms with Crippen molar-refractivity contribution < 1.29 is 27.4 Å². The maximum atomic E-state index is 13.9. The number of aryl methyl sites for hydroxylation is 1. The zero-order chi connectivity index (χ0) is 24.2. The summed E-state index contributed by atoms with van der Waals surface area (Å²) in [7, 11) is -1.43. The molecule has 5 aromatic rings. The number of sulfone groups is 1. The molecule has 4 aromatic carbocycles. The van der Waals surface area contributed by atoms with E-state index < -0.39 is 21.2 Å². The lowest BCUT2D eigenvalue weighted by Gasteiger charge is -2.17. The predicted octanol–water partition coefficient (Wildman–Crippen LogP) is 4.96. The third kappa shape index (κ3) is 3.03. The molecule has 34 heavy (non-hydrogen) atoms. The lowest BCUT2D eigenvalue weighted by molar-refractivity contribution is 0.414. The van der Waals surface area contributed by atoms with Gasteiger partial charge in [-0.05, 0) is 42.8 Å². The van der Waals surface area contributed by atoms with Crippen molar-refractivity contribution in [2.75, 3.05) is 14.2 Å². The molecule has 0 radical (unpaired) electrons. The molecule has 0 aliphatic carbocycles. The summed E-state index contributed by atoms with van der Waals surface area (Å²) in [5.74, 6) is 0.0284. The number of fused-ring (bicyclic) bond motifs is 5. The van der Waals surface area contributed by atoms with Gasteiger partial charge in [0, 0.05) is 10.8 Å². The van der Waals surface area contributed by atoms with Crippen molar-refractivity contribution in [2.24, 2.45) is 0 Å². The summed E-state index contributed by atoms with van der Waals surface area (Å²) >= 11 is 0. The minimum Gasteiger partial charge on any atom is -0.506 e. The molecule has 0 aliphatic heterocycles. The van der Waals surface area contributed by atoms with Crippen LogP contribution < -0.4 is 15.1 Å². The van der Waals surface area contributed by atoms with Crippen molar-refractivity contribution in [2.45, 2.75) is 16.7 Å². The average molecular weight is 477 g/mol. The first-order valence-corrected chi connectivity index (χ1v) is 11.8. The van der Waals surface area contributed by atoms with Gasteiger partial charge in [-0.3, -0.25) is 0 Å². The number of ether oxygens (including phenoxy) is 2. The minimum atomic E-state index is -4.28. The average Bonchev–Trinajstić information content (AvgIpc) is 2.84. The molecule has 0 atom stereocenters. The Labute approximate surface area is 194 Å². The highest BCUT2D eigenvalue weighted by Crippen LogP contribution is 2.48. The van der Waals surface area contributed by atoms with E-state index in [-0.39, 0.29) is 42.7 Å². The van der Waals surface area contributed by atoms with Crippen molar-refractivity contribution in [3.63, 3.8) is 0 Å². The van der Waals surface area contributed by atoms with E-state index in [1.165, 1.54) is 26.4 Å². The first kappa shape index (κ1) is 21.8. The highest BCUT2D eigenvalue weighted by atomic mass is 32.2. The van der Waals surface area contributed by atoms with Gasteiger partial charge in [0.25, 0.3) is 0 Å². The number of phenols is 1. The first-order valence-electron chi connectivity index (χ1n) is 10.4. The summed E-state index contributed by atoms with van der Waals surface area (Å²) < 4.78 is 44.6. The number of hydrogen-bond donors (Lipinski definition) is 1. The number of methoxy groups -OCH3 is 2. The molecule has 5 rings (SSSR count). The van der Waals surface area contributed by atoms with Crippen LogP contribution in [0.4, 0.5) is 0 Å². The Kier molecular flexibility index (Phi) is 4.98. The van der Waals surface area contributed by atoms with Crippen molar-refractivity contribution >= 4 is 42.4 Å². The first-order chi connectivity index (χ1) is 16.3. The van der Waals surface area contributed by atoms with Gasteiger partial charge < -0.3 is 19.0 Å².